The smallest absolute Gasteiger partial charge is 0.200 e. The molecular formula is C22H25N5O. The van der Waals surface area contributed by atoms with Crippen molar-refractivity contribution in [2.45, 2.75) is 31.2 Å². The van der Waals surface area contributed by atoms with Crippen molar-refractivity contribution in [2.75, 3.05) is 26.7 Å². The van der Waals surface area contributed by atoms with Gasteiger partial charge in [-0.05, 0) is 63.2 Å². The molecule has 2 aliphatic heterocycles. The van der Waals surface area contributed by atoms with Crippen LogP contribution in [0.4, 0.5) is 0 Å². The predicted molar refractivity (Wildman–Crippen MR) is 107 cm³/mol. The quantitative estimate of drug-likeness (QED) is 0.703. The summed E-state index contributed by atoms with van der Waals surface area (Å²) in [4.78, 5) is 11.8. The minimum atomic E-state index is 0.208. The lowest BCUT2D eigenvalue weighted by Gasteiger charge is -2.31. The van der Waals surface area contributed by atoms with E-state index in [1.807, 2.05) is 30.3 Å². The second-order valence-corrected chi connectivity index (χ2v) is 7.81. The van der Waals surface area contributed by atoms with Crippen LogP contribution in [0, 0.1) is 0 Å². The average Bonchev–Trinajstić information content (AvgIpc) is 3.20. The third-order valence-electron chi connectivity index (χ3n) is 5.83. The van der Waals surface area contributed by atoms with E-state index >= 15 is 0 Å². The minimum Gasteiger partial charge on any atom is -0.493 e. The average molecular weight is 375 g/mol. The minimum absolute atomic E-state index is 0.208. The Labute approximate surface area is 165 Å². The molecule has 2 aliphatic rings. The summed E-state index contributed by atoms with van der Waals surface area (Å²) in [7, 11) is 2.18. The molecule has 0 unspecified atom stereocenters. The molecule has 1 fully saturated rings. The standard InChI is InChI=1S/C22H25N5O/c1-26-12-9-18(10-13-26)27-22(24-21(25-27)19-7-4-5-11-23-19)17-14-16-6-2-3-8-20(16)28-15-17/h2-8,11,17-18H,9-10,12-15H2,1H3/t17-/m1/s1. The van der Waals surface area contributed by atoms with Crippen LogP contribution in [0.2, 0.25) is 0 Å². The molecule has 28 heavy (non-hydrogen) atoms. The van der Waals surface area contributed by atoms with Crippen molar-refractivity contribution < 1.29 is 4.74 Å². The van der Waals surface area contributed by atoms with Crippen LogP contribution < -0.4 is 4.74 Å². The van der Waals surface area contributed by atoms with Gasteiger partial charge in [0, 0.05) is 6.20 Å². The second-order valence-electron chi connectivity index (χ2n) is 7.81. The zero-order valence-electron chi connectivity index (χ0n) is 16.2. The lowest BCUT2D eigenvalue weighted by atomic mass is 9.95. The molecule has 5 rings (SSSR count). The monoisotopic (exact) mass is 375 g/mol. The van der Waals surface area contributed by atoms with Gasteiger partial charge in [0.2, 0.25) is 0 Å². The van der Waals surface area contributed by atoms with Crippen LogP contribution in [0.5, 0.6) is 5.75 Å². The maximum atomic E-state index is 6.06. The summed E-state index contributed by atoms with van der Waals surface area (Å²) in [5.41, 5.74) is 2.07. The predicted octanol–water partition coefficient (Wildman–Crippen LogP) is 3.33. The SMILES string of the molecule is CN1CCC(n2nc(-c3ccccn3)nc2[C@H]2COc3ccccc3C2)CC1. The molecule has 0 bridgehead atoms. The number of rotatable bonds is 3. The van der Waals surface area contributed by atoms with E-state index in [1.165, 1.54) is 5.56 Å². The first-order valence-electron chi connectivity index (χ1n) is 10.0. The Balaban J connectivity index is 1.51. The van der Waals surface area contributed by atoms with E-state index in [0.717, 1.165) is 49.6 Å². The molecule has 0 saturated carbocycles. The number of benzene rings is 1. The van der Waals surface area contributed by atoms with Crippen molar-refractivity contribution in [3.05, 3.63) is 60.0 Å². The van der Waals surface area contributed by atoms with Gasteiger partial charge in [-0.1, -0.05) is 24.3 Å². The van der Waals surface area contributed by atoms with E-state index in [4.69, 9.17) is 14.8 Å². The van der Waals surface area contributed by atoms with Gasteiger partial charge in [0.05, 0.1) is 18.6 Å². The summed E-state index contributed by atoms with van der Waals surface area (Å²) < 4.78 is 8.24. The van der Waals surface area contributed by atoms with Crippen LogP contribution in [0.25, 0.3) is 11.5 Å². The molecule has 2 aromatic heterocycles. The first kappa shape index (κ1) is 17.4. The highest BCUT2D eigenvalue weighted by Gasteiger charge is 2.30. The number of fused-ring (bicyclic) bond motifs is 1. The van der Waals surface area contributed by atoms with Gasteiger partial charge in [-0.15, -0.1) is 5.10 Å². The van der Waals surface area contributed by atoms with Gasteiger partial charge in [0.25, 0.3) is 0 Å². The third kappa shape index (κ3) is 3.29. The van der Waals surface area contributed by atoms with E-state index in [1.54, 1.807) is 6.20 Å². The van der Waals surface area contributed by atoms with Gasteiger partial charge in [0.15, 0.2) is 5.82 Å². The Kier molecular flexibility index (Phi) is 4.56. The molecule has 0 radical (unpaired) electrons. The van der Waals surface area contributed by atoms with Crippen LogP contribution in [-0.4, -0.2) is 51.4 Å². The summed E-state index contributed by atoms with van der Waals surface area (Å²) in [6.45, 7) is 2.82. The molecular weight excluding hydrogens is 350 g/mol. The van der Waals surface area contributed by atoms with Gasteiger partial charge in [-0.2, -0.15) is 0 Å². The maximum absolute atomic E-state index is 6.06. The van der Waals surface area contributed by atoms with Gasteiger partial charge in [-0.25, -0.2) is 9.67 Å². The van der Waals surface area contributed by atoms with Crippen molar-refractivity contribution in [3.8, 4) is 17.3 Å². The van der Waals surface area contributed by atoms with Crippen LogP contribution in [0.15, 0.2) is 48.7 Å². The number of hydrogen-bond donors (Lipinski definition) is 0. The fraction of sp³-hybridized carbons (Fsp3) is 0.409. The second kappa shape index (κ2) is 7.36. The number of likely N-dealkylation sites (tertiary alicyclic amines) is 1. The molecule has 1 atom stereocenters. The van der Waals surface area contributed by atoms with Gasteiger partial charge in [-0.3, -0.25) is 4.98 Å². The molecule has 0 amide bonds. The fourth-order valence-electron chi connectivity index (χ4n) is 4.22. The summed E-state index contributed by atoms with van der Waals surface area (Å²) in [6.07, 6.45) is 4.92. The highest BCUT2D eigenvalue weighted by Crippen LogP contribution is 2.34. The Hall–Kier alpha value is -2.73. The van der Waals surface area contributed by atoms with Crippen molar-refractivity contribution in [1.29, 1.82) is 0 Å². The lowest BCUT2D eigenvalue weighted by molar-refractivity contribution is 0.200. The first-order chi connectivity index (χ1) is 13.8. The Morgan fingerprint density at radius 1 is 1.04 bits per heavy atom. The summed E-state index contributed by atoms with van der Waals surface area (Å²) in [5.74, 6) is 2.95. The highest BCUT2D eigenvalue weighted by atomic mass is 16.5. The fourth-order valence-corrected chi connectivity index (χ4v) is 4.22. The van der Waals surface area contributed by atoms with Crippen LogP contribution >= 0.6 is 0 Å². The van der Waals surface area contributed by atoms with Crippen molar-refractivity contribution >= 4 is 0 Å². The first-order valence-corrected chi connectivity index (χ1v) is 10.0. The summed E-state index contributed by atoms with van der Waals surface area (Å²) in [6, 6.07) is 14.6. The molecule has 1 aromatic carbocycles. The molecule has 0 N–H and O–H groups in total. The summed E-state index contributed by atoms with van der Waals surface area (Å²) >= 11 is 0. The topological polar surface area (TPSA) is 56.1 Å². The van der Waals surface area contributed by atoms with Crippen molar-refractivity contribution in [1.82, 2.24) is 24.6 Å². The molecule has 1 saturated heterocycles. The van der Waals surface area contributed by atoms with E-state index in [0.29, 0.717) is 18.5 Å². The Morgan fingerprint density at radius 3 is 2.68 bits per heavy atom. The molecule has 0 aliphatic carbocycles. The zero-order valence-corrected chi connectivity index (χ0v) is 16.2. The molecule has 144 valence electrons. The zero-order chi connectivity index (χ0) is 18.9. The number of aromatic nitrogens is 4. The largest absolute Gasteiger partial charge is 0.493 e. The summed E-state index contributed by atoms with van der Waals surface area (Å²) in [5, 5.41) is 4.93. The van der Waals surface area contributed by atoms with E-state index < -0.39 is 0 Å². The third-order valence-corrected chi connectivity index (χ3v) is 5.83. The van der Waals surface area contributed by atoms with Crippen molar-refractivity contribution in [3.63, 3.8) is 0 Å². The Bertz CT molecular complexity index is 947. The molecule has 6 nitrogen and oxygen atoms in total. The maximum Gasteiger partial charge on any atom is 0.200 e. The van der Waals surface area contributed by atoms with Gasteiger partial charge < -0.3 is 9.64 Å². The van der Waals surface area contributed by atoms with E-state index in [-0.39, 0.29) is 5.92 Å². The van der Waals surface area contributed by atoms with Crippen LogP contribution in [0.1, 0.15) is 36.2 Å². The van der Waals surface area contributed by atoms with Crippen LogP contribution in [-0.2, 0) is 6.42 Å². The Morgan fingerprint density at radius 2 is 1.86 bits per heavy atom. The van der Waals surface area contributed by atoms with E-state index in [2.05, 4.69) is 33.7 Å². The number of para-hydroxylation sites is 1. The molecule has 4 heterocycles. The van der Waals surface area contributed by atoms with Gasteiger partial charge >= 0.3 is 0 Å². The molecule has 3 aromatic rings. The lowest BCUT2D eigenvalue weighted by Crippen LogP contribution is -2.33. The van der Waals surface area contributed by atoms with Gasteiger partial charge in [0.1, 0.15) is 17.3 Å². The normalized spacial score (nSPS) is 20.5. The molecule has 6 heteroatoms. The number of pyridine rings is 1. The number of nitrogens with zero attached hydrogens (tertiary/aromatic N) is 5. The molecule has 0 spiro atoms. The van der Waals surface area contributed by atoms with Crippen molar-refractivity contribution in [2.24, 2.45) is 0 Å². The van der Waals surface area contributed by atoms with Crippen LogP contribution in [0.3, 0.4) is 0 Å². The number of hydrogen-bond acceptors (Lipinski definition) is 5. The van der Waals surface area contributed by atoms with E-state index in [9.17, 15) is 0 Å². The number of ether oxygens (including phenoxy) is 1. The number of piperidine rings is 1. The highest BCUT2D eigenvalue weighted by molar-refractivity contribution is 5.48.